The molecule has 40 heavy (non-hydrogen) atoms. The second-order valence-corrected chi connectivity index (χ2v) is 9.69. The van der Waals surface area contributed by atoms with Gasteiger partial charge in [0, 0.05) is 48.5 Å². The molecule has 0 fully saturated rings. The number of carbonyl (C=O) groups excluding carboxylic acids is 3. The van der Waals surface area contributed by atoms with E-state index in [-0.39, 0.29) is 24.6 Å². The summed E-state index contributed by atoms with van der Waals surface area (Å²) in [6, 6.07) is 3.08. The van der Waals surface area contributed by atoms with Gasteiger partial charge in [0.15, 0.2) is 17.6 Å². The molecule has 3 rings (SSSR count). The van der Waals surface area contributed by atoms with Gasteiger partial charge < -0.3 is 34.3 Å². The Bertz CT molecular complexity index is 1470. The molecule has 0 saturated heterocycles. The van der Waals surface area contributed by atoms with E-state index < -0.39 is 23.7 Å². The average Bonchev–Trinajstić information content (AvgIpc) is 3.28. The lowest BCUT2D eigenvalue weighted by atomic mass is 10.1. The second kappa shape index (κ2) is 12.9. The Morgan fingerprint density at radius 3 is 2.48 bits per heavy atom. The van der Waals surface area contributed by atoms with Crippen LogP contribution in [0.4, 0.5) is 16.3 Å². The van der Waals surface area contributed by atoms with Gasteiger partial charge in [0.2, 0.25) is 5.91 Å². The molecule has 3 heterocycles. The zero-order valence-corrected chi connectivity index (χ0v) is 23.8. The van der Waals surface area contributed by atoms with E-state index in [4.69, 9.17) is 4.74 Å². The fourth-order valence-corrected chi connectivity index (χ4v) is 3.62. The van der Waals surface area contributed by atoms with Crippen LogP contribution in [0, 0.1) is 6.92 Å². The summed E-state index contributed by atoms with van der Waals surface area (Å²) >= 11 is 0. The molecule has 14 heteroatoms. The highest BCUT2D eigenvalue weighted by molar-refractivity contribution is 5.95. The van der Waals surface area contributed by atoms with E-state index in [1.54, 1.807) is 39.4 Å². The van der Waals surface area contributed by atoms with E-state index in [1.807, 2.05) is 19.0 Å². The van der Waals surface area contributed by atoms with Gasteiger partial charge in [-0.25, -0.2) is 19.7 Å². The minimum absolute atomic E-state index is 0.0115. The number of nitrogens with one attached hydrogen (secondary N) is 2. The molecule has 0 bridgehead atoms. The molecule has 0 spiro atoms. The fourth-order valence-electron chi connectivity index (χ4n) is 3.62. The summed E-state index contributed by atoms with van der Waals surface area (Å²) in [5, 5.41) is 2.58. The summed E-state index contributed by atoms with van der Waals surface area (Å²) < 4.78 is 6.73. The number of imidazole rings is 1. The number of aromatic amines is 1. The maximum atomic E-state index is 13.2. The number of anilines is 2. The molecule has 3 aromatic heterocycles. The molecule has 3 aromatic rings. The molecular weight excluding hydrogens is 518 g/mol. The SMILES string of the molecule is Cc1nc(N(C)C)c2[nH]c(Cn3cccc(NC(=O)[C@H](CC/C=C/C(=O)N(C)C)OC(=O)N(C)C)c3=O)nc2n1. The lowest BCUT2D eigenvalue weighted by Gasteiger charge is -2.19. The zero-order valence-electron chi connectivity index (χ0n) is 23.8. The van der Waals surface area contributed by atoms with Crippen molar-refractivity contribution in [2.75, 3.05) is 52.5 Å². The number of pyridine rings is 1. The first-order valence-corrected chi connectivity index (χ1v) is 12.5. The molecule has 0 aliphatic rings. The van der Waals surface area contributed by atoms with E-state index in [0.717, 1.165) is 0 Å². The molecule has 0 aromatic carbocycles. The van der Waals surface area contributed by atoms with Crippen LogP contribution < -0.4 is 15.8 Å². The van der Waals surface area contributed by atoms with Crippen molar-refractivity contribution in [3.05, 3.63) is 52.5 Å². The number of hydrogen-bond acceptors (Lipinski definition) is 9. The van der Waals surface area contributed by atoms with Crippen molar-refractivity contribution in [2.24, 2.45) is 0 Å². The van der Waals surface area contributed by atoms with Gasteiger partial charge in [0.05, 0.1) is 6.54 Å². The van der Waals surface area contributed by atoms with Gasteiger partial charge in [-0.3, -0.25) is 14.4 Å². The first-order valence-electron chi connectivity index (χ1n) is 12.5. The number of carbonyl (C=O) groups is 3. The summed E-state index contributed by atoms with van der Waals surface area (Å²) in [6.07, 6.45) is 3.06. The Kier molecular flexibility index (Phi) is 9.59. The summed E-state index contributed by atoms with van der Waals surface area (Å²) in [4.78, 5) is 71.2. The van der Waals surface area contributed by atoms with Gasteiger partial charge >= 0.3 is 6.09 Å². The standard InChI is InChI=1S/C26H35N9O5/c1-16-27-22-21(23(28-16)33(4)5)30-19(31-22)15-35-14-10-11-17(25(35)38)29-24(37)18(40-26(39)34(6)7)12-8-9-13-20(36)32(2)3/h9-11,13-14,18H,8,12,15H2,1-7H3,(H,29,37)(H,27,28,30,31)/b13-9+/t18-/m0/s1. The molecule has 0 aliphatic heterocycles. The van der Waals surface area contributed by atoms with E-state index in [1.165, 1.54) is 40.6 Å². The Hall–Kier alpha value is -4.75. The second-order valence-electron chi connectivity index (χ2n) is 9.69. The minimum Gasteiger partial charge on any atom is -0.436 e. The van der Waals surface area contributed by atoms with Gasteiger partial charge in [-0.05, 0) is 38.0 Å². The quantitative estimate of drug-likeness (QED) is 0.354. The molecule has 2 N–H and O–H groups in total. The topological polar surface area (TPSA) is 159 Å². The molecule has 14 nitrogen and oxygen atoms in total. The van der Waals surface area contributed by atoms with Crippen LogP contribution in [-0.4, -0.2) is 101 Å². The Labute approximate surface area is 231 Å². The minimum atomic E-state index is -1.19. The van der Waals surface area contributed by atoms with Crippen LogP contribution in [0.15, 0.2) is 35.3 Å². The van der Waals surface area contributed by atoms with Crippen LogP contribution >= 0.6 is 0 Å². The Morgan fingerprint density at radius 1 is 1.10 bits per heavy atom. The van der Waals surface area contributed by atoms with E-state index in [9.17, 15) is 19.2 Å². The Balaban J connectivity index is 1.79. The van der Waals surface area contributed by atoms with Gasteiger partial charge in [-0.2, -0.15) is 0 Å². The summed E-state index contributed by atoms with van der Waals surface area (Å²) in [5.41, 5.74) is 0.670. The average molecular weight is 554 g/mol. The monoisotopic (exact) mass is 553 g/mol. The molecule has 0 aliphatic carbocycles. The summed E-state index contributed by atoms with van der Waals surface area (Å²) in [7, 11) is 9.96. The van der Waals surface area contributed by atoms with Gasteiger partial charge in [-0.15, -0.1) is 0 Å². The zero-order chi connectivity index (χ0) is 29.6. The fraction of sp³-hybridized carbons (Fsp3) is 0.423. The maximum absolute atomic E-state index is 13.2. The Morgan fingerprint density at radius 2 is 1.82 bits per heavy atom. The van der Waals surface area contributed by atoms with E-state index in [0.29, 0.717) is 35.1 Å². The molecule has 1 atom stereocenters. The number of amides is 3. The lowest BCUT2D eigenvalue weighted by Crippen LogP contribution is -2.37. The summed E-state index contributed by atoms with van der Waals surface area (Å²) in [6.45, 7) is 1.87. The van der Waals surface area contributed by atoms with Crippen molar-refractivity contribution in [1.29, 1.82) is 0 Å². The van der Waals surface area contributed by atoms with Crippen LogP contribution in [0.5, 0.6) is 0 Å². The van der Waals surface area contributed by atoms with Crippen molar-refractivity contribution < 1.29 is 19.1 Å². The summed E-state index contributed by atoms with van der Waals surface area (Å²) in [5.74, 6) is 0.859. The van der Waals surface area contributed by atoms with E-state index >= 15 is 0 Å². The smallest absolute Gasteiger partial charge is 0.410 e. The van der Waals surface area contributed by atoms with Gasteiger partial charge in [0.25, 0.3) is 11.5 Å². The van der Waals surface area contributed by atoms with Crippen molar-refractivity contribution in [3.63, 3.8) is 0 Å². The molecule has 3 amide bonds. The largest absolute Gasteiger partial charge is 0.436 e. The predicted octanol–water partition coefficient (Wildman–Crippen LogP) is 1.37. The first-order chi connectivity index (χ1) is 18.9. The normalized spacial score (nSPS) is 11.9. The molecule has 0 saturated carbocycles. The molecule has 0 radical (unpaired) electrons. The number of hydrogen-bond donors (Lipinski definition) is 2. The number of aryl methyl sites for hydroxylation is 1. The van der Waals surface area contributed by atoms with E-state index in [2.05, 4.69) is 25.3 Å². The molecular formula is C26H35N9O5. The number of aromatic nitrogens is 5. The molecule has 0 unspecified atom stereocenters. The van der Waals surface area contributed by atoms with Gasteiger partial charge in [0.1, 0.15) is 22.9 Å². The number of H-pyrrole nitrogens is 1. The molecule has 214 valence electrons. The third-order valence-corrected chi connectivity index (χ3v) is 5.71. The number of rotatable bonds is 10. The lowest BCUT2D eigenvalue weighted by molar-refractivity contribution is -0.125. The van der Waals surface area contributed by atoms with Crippen LogP contribution in [-0.2, 0) is 20.9 Å². The van der Waals surface area contributed by atoms with Crippen molar-refractivity contribution in [2.45, 2.75) is 32.4 Å². The maximum Gasteiger partial charge on any atom is 0.410 e. The number of ether oxygens (including phenoxy) is 1. The number of fused-ring (bicyclic) bond motifs is 1. The highest BCUT2D eigenvalue weighted by Gasteiger charge is 2.24. The number of nitrogens with zero attached hydrogens (tertiary/aromatic N) is 7. The van der Waals surface area contributed by atoms with Crippen molar-refractivity contribution in [3.8, 4) is 0 Å². The third kappa shape index (κ3) is 7.42. The van der Waals surface area contributed by atoms with Crippen LogP contribution in [0.1, 0.15) is 24.5 Å². The van der Waals surface area contributed by atoms with Crippen molar-refractivity contribution >= 4 is 40.6 Å². The van der Waals surface area contributed by atoms with Gasteiger partial charge in [-0.1, -0.05) is 6.08 Å². The highest BCUT2D eigenvalue weighted by atomic mass is 16.6. The number of likely N-dealkylation sites (N-methyl/N-ethyl adjacent to an activating group) is 1. The number of allylic oxidation sites excluding steroid dienone is 1. The van der Waals surface area contributed by atoms with Crippen LogP contribution in [0.3, 0.4) is 0 Å². The third-order valence-electron chi connectivity index (χ3n) is 5.71. The first kappa shape index (κ1) is 29.8. The van der Waals surface area contributed by atoms with Crippen molar-refractivity contribution in [1.82, 2.24) is 34.3 Å². The van der Waals surface area contributed by atoms with Crippen LogP contribution in [0.25, 0.3) is 11.2 Å². The predicted molar refractivity (Wildman–Crippen MR) is 150 cm³/mol. The highest BCUT2D eigenvalue weighted by Crippen LogP contribution is 2.20. The van der Waals surface area contributed by atoms with Crippen LogP contribution in [0.2, 0.25) is 0 Å².